The summed E-state index contributed by atoms with van der Waals surface area (Å²) < 4.78 is 0. The van der Waals surface area contributed by atoms with Crippen molar-refractivity contribution in [3.05, 3.63) is 29.6 Å². The van der Waals surface area contributed by atoms with Gasteiger partial charge in [-0.05, 0) is 49.3 Å². The summed E-state index contributed by atoms with van der Waals surface area (Å²) in [7, 11) is 2.23. The Kier molecular flexibility index (Phi) is 6.55. The lowest BCUT2D eigenvalue weighted by molar-refractivity contribution is 0.0913. The van der Waals surface area contributed by atoms with E-state index in [1.807, 2.05) is 12.3 Å². The lowest BCUT2D eigenvalue weighted by Crippen LogP contribution is -2.49. The number of aromatic nitrogens is 1. The van der Waals surface area contributed by atoms with Crippen LogP contribution in [-0.2, 0) is 0 Å². The van der Waals surface area contributed by atoms with Crippen LogP contribution in [0.1, 0.15) is 105 Å². The highest BCUT2D eigenvalue weighted by Gasteiger charge is 2.27. The first-order valence-electron chi connectivity index (χ1n) is 10.4. The molecule has 4 heteroatoms. The van der Waals surface area contributed by atoms with Gasteiger partial charge in [0.1, 0.15) is 13.5 Å². The molecule has 0 saturated heterocycles. The van der Waals surface area contributed by atoms with Crippen LogP contribution in [0.25, 0.3) is 0 Å². The smallest absolute Gasteiger partial charge is 0.269 e. The highest BCUT2D eigenvalue weighted by molar-refractivity contribution is 6.17. The maximum absolute atomic E-state index is 12.9. The number of amides is 1. The van der Waals surface area contributed by atoms with Gasteiger partial charge in [-0.1, -0.05) is 57.8 Å². The molecule has 1 aromatic rings. The van der Waals surface area contributed by atoms with Crippen molar-refractivity contribution in [1.82, 2.24) is 10.3 Å². The van der Waals surface area contributed by atoms with Crippen molar-refractivity contribution >= 4 is 13.8 Å². The lowest BCUT2D eigenvalue weighted by atomic mass is 9.69. The Bertz CT molecular complexity index is 559. The molecule has 0 aliphatic heterocycles. The van der Waals surface area contributed by atoms with Crippen molar-refractivity contribution in [3.63, 3.8) is 0 Å². The summed E-state index contributed by atoms with van der Waals surface area (Å²) in [6, 6.07) is 4.13. The van der Waals surface area contributed by atoms with Crippen LogP contribution >= 0.6 is 0 Å². The number of nitrogens with zero attached hydrogens (tertiary/aromatic N) is 1. The Morgan fingerprint density at radius 3 is 2.24 bits per heavy atom. The second-order valence-corrected chi connectivity index (χ2v) is 8.45. The fraction of sp³-hybridized carbons (Fsp3) is 0.714. The third-order valence-electron chi connectivity index (χ3n) is 6.22. The van der Waals surface area contributed by atoms with Crippen LogP contribution in [0.3, 0.4) is 0 Å². The zero-order chi connectivity index (χ0) is 17.5. The predicted octanol–water partition coefficient (Wildman–Crippen LogP) is 4.32. The van der Waals surface area contributed by atoms with Crippen molar-refractivity contribution in [2.24, 2.45) is 0 Å². The molecular weight excluding hydrogens is 307 g/mol. The monoisotopic (exact) mass is 340 g/mol. The van der Waals surface area contributed by atoms with Gasteiger partial charge >= 0.3 is 0 Å². The van der Waals surface area contributed by atoms with E-state index < -0.39 is 0 Å². The van der Waals surface area contributed by atoms with Crippen LogP contribution in [0.2, 0.25) is 0 Å². The summed E-state index contributed by atoms with van der Waals surface area (Å²) in [4.78, 5) is 17.2. The van der Waals surface area contributed by atoms with Crippen LogP contribution < -0.4 is 5.32 Å². The first-order valence-corrected chi connectivity index (χ1v) is 10.4. The topological polar surface area (TPSA) is 42.0 Å². The molecule has 1 N–H and O–H groups in total. The number of rotatable bonds is 3. The Balaban J connectivity index is 1.65. The van der Waals surface area contributed by atoms with Gasteiger partial charge in [0.2, 0.25) is 0 Å². The molecule has 2 saturated carbocycles. The summed E-state index contributed by atoms with van der Waals surface area (Å²) in [5.41, 5.74) is 1.82. The Morgan fingerprint density at radius 1 is 1.00 bits per heavy atom. The average molecular weight is 340 g/mol. The minimum atomic E-state index is -0.0839. The number of carbonyl (C=O) groups is 1. The summed E-state index contributed by atoms with van der Waals surface area (Å²) >= 11 is 0. The third kappa shape index (κ3) is 5.33. The molecule has 0 radical (unpaired) electrons. The third-order valence-corrected chi connectivity index (χ3v) is 6.22. The van der Waals surface area contributed by atoms with E-state index in [0.717, 1.165) is 12.8 Å². The van der Waals surface area contributed by atoms with Gasteiger partial charge in [0.15, 0.2) is 0 Å². The van der Waals surface area contributed by atoms with E-state index in [2.05, 4.69) is 24.2 Å². The predicted molar refractivity (Wildman–Crippen MR) is 106 cm³/mol. The van der Waals surface area contributed by atoms with Gasteiger partial charge in [0, 0.05) is 11.6 Å². The minimum absolute atomic E-state index is 0.0133. The molecule has 0 bridgehead atoms. The highest BCUT2D eigenvalue weighted by Crippen LogP contribution is 2.34. The van der Waals surface area contributed by atoms with E-state index in [-0.39, 0.29) is 11.3 Å². The second-order valence-electron chi connectivity index (χ2n) is 8.45. The second kappa shape index (κ2) is 8.87. The largest absolute Gasteiger partial charge is 0.353 e. The van der Waals surface area contributed by atoms with Gasteiger partial charge in [-0.25, -0.2) is 0 Å². The number of pyridine rings is 1. The van der Waals surface area contributed by atoms with Crippen molar-refractivity contribution in [2.75, 3.05) is 0 Å². The number of hydrogen-bond donors (Lipinski definition) is 1. The van der Waals surface area contributed by atoms with Crippen LogP contribution in [0.4, 0.5) is 0 Å². The SMILES string of the molecule is BC1(NC(=O)c2cc(C3CCCC3)ccn2)CCCCCCCCC1. The summed E-state index contributed by atoms with van der Waals surface area (Å²) in [6.45, 7) is 0. The molecule has 1 aromatic heterocycles. The quantitative estimate of drug-likeness (QED) is 0.833. The minimum Gasteiger partial charge on any atom is -0.353 e. The zero-order valence-corrected chi connectivity index (χ0v) is 15.9. The zero-order valence-electron chi connectivity index (χ0n) is 15.9. The first kappa shape index (κ1) is 18.5. The normalized spacial score (nSPS) is 22.4. The van der Waals surface area contributed by atoms with Gasteiger partial charge < -0.3 is 5.32 Å². The first-order chi connectivity index (χ1) is 12.2. The molecule has 3 nitrogen and oxygen atoms in total. The van der Waals surface area contributed by atoms with Gasteiger partial charge in [0.25, 0.3) is 5.91 Å². The molecule has 0 spiro atoms. The molecule has 3 rings (SSSR count). The molecule has 2 fully saturated rings. The fourth-order valence-electron chi connectivity index (χ4n) is 4.59. The molecule has 0 aromatic carbocycles. The molecule has 2 aliphatic rings. The number of hydrogen-bond acceptors (Lipinski definition) is 2. The van der Waals surface area contributed by atoms with E-state index in [0.29, 0.717) is 11.6 Å². The Labute approximate surface area is 153 Å². The number of carbonyl (C=O) groups excluding carboxylic acids is 1. The molecular formula is C21H33BN2O. The molecule has 2 aliphatic carbocycles. The summed E-state index contributed by atoms with van der Waals surface area (Å²) in [6.07, 6.45) is 18.2. The fourth-order valence-corrected chi connectivity index (χ4v) is 4.59. The molecule has 1 amide bonds. The lowest BCUT2D eigenvalue weighted by Gasteiger charge is -2.32. The molecule has 1 heterocycles. The van der Waals surface area contributed by atoms with Crippen LogP contribution in [-0.4, -0.2) is 24.2 Å². The van der Waals surface area contributed by atoms with Crippen LogP contribution in [0, 0.1) is 0 Å². The van der Waals surface area contributed by atoms with E-state index >= 15 is 0 Å². The van der Waals surface area contributed by atoms with Crippen molar-refractivity contribution in [2.45, 2.75) is 94.8 Å². The van der Waals surface area contributed by atoms with E-state index in [1.54, 1.807) is 0 Å². The number of nitrogens with one attached hydrogen (secondary N) is 1. The summed E-state index contributed by atoms with van der Waals surface area (Å²) in [5.74, 6) is 0.637. The average Bonchev–Trinajstić information content (AvgIpc) is 3.15. The van der Waals surface area contributed by atoms with Gasteiger partial charge in [-0.15, -0.1) is 0 Å². The molecule has 25 heavy (non-hydrogen) atoms. The molecule has 0 unspecified atom stereocenters. The Hall–Kier alpha value is -1.32. The summed E-state index contributed by atoms with van der Waals surface area (Å²) in [5, 5.41) is 3.34. The van der Waals surface area contributed by atoms with Gasteiger partial charge in [0.05, 0.1) is 0 Å². The highest BCUT2D eigenvalue weighted by atomic mass is 16.2. The van der Waals surface area contributed by atoms with Gasteiger partial charge in [-0.3, -0.25) is 9.78 Å². The van der Waals surface area contributed by atoms with Crippen molar-refractivity contribution in [1.29, 1.82) is 0 Å². The maximum atomic E-state index is 12.9. The van der Waals surface area contributed by atoms with Crippen molar-refractivity contribution in [3.8, 4) is 0 Å². The molecule has 0 atom stereocenters. The van der Waals surface area contributed by atoms with E-state index in [1.165, 1.54) is 76.2 Å². The molecule has 136 valence electrons. The van der Waals surface area contributed by atoms with Crippen LogP contribution in [0.5, 0.6) is 0 Å². The van der Waals surface area contributed by atoms with Crippen LogP contribution in [0.15, 0.2) is 18.3 Å². The van der Waals surface area contributed by atoms with Crippen molar-refractivity contribution < 1.29 is 4.79 Å². The standard InChI is InChI=1S/C21H33BN2O/c22-21(13-8-4-2-1-3-5-9-14-21)24-20(25)19-16-18(12-15-23-19)17-10-6-7-11-17/h12,15-17H,1-11,13-14,22H2,(H,24,25). The maximum Gasteiger partial charge on any atom is 0.269 e. The van der Waals surface area contributed by atoms with E-state index in [4.69, 9.17) is 0 Å². The van der Waals surface area contributed by atoms with E-state index in [9.17, 15) is 4.79 Å². The Morgan fingerprint density at radius 2 is 1.60 bits per heavy atom. The van der Waals surface area contributed by atoms with Gasteiger partial charge in [-0.2, -0.15) is 0 Å².